The minimum Gasteiger partial charge on any atom is -0.469 e. The number of furan rings is 1. The number of rotatable bonds is 3. The molecular weight excluding hydrogens is 234 g/mol. The number of nitrogens with one attached hydrogen (secondary N) is 1. The van der Waals surface area contributed by atoms with E-state index < -0.39 is 17.6 Å². The van der Waals surface area contributed by atoms with E-state index in [-0.39, 0.29) is 5.91 Å². The van der Waals surface area contributed by atoms with Crippen molar-refractivity contribution < 1.29 is 18.7 Å². The van der Waals surface area contributed by atoms with E-state index in [1.165, 1.54) is 6.26 Å². The highest BCUT2D eigenvalue weighted by atomic mass is 16.6. The second-order valence-corrected chi connectivity index (χ2v) is 5.12. The number of carbonyl (C=O) groups excluding carboxylic acids is 2. The molecule has 1 N–H and O–H groups in total. The summed E-state index contributed by atoms with van der Waals surface area (Å²) in [6, 6.07) is 0.859. The summed E-state index contributed by atoms with van der Waals surface area (Å²) in [5, 5.41) is 2.57. The third-order valence-electron chi connectivity index (χ3n) is 2.21. The van der Waals surface area contributed by atoms with Gasteiger partial charge in [-0.1, -0.05) is 0 Å². The van der Waals surface area contributed by atoms with E-state index in [4.69, 9.17) is 9.15 Å². The Hall–Kier alpha value is -1.78. The fourth-order valence-electron chi connectivity index (χ4n) is 1.34. The molecule has 1 aromatic heterocycles. The van der Waals surface area contributed by atoms with E-state index >= 15 is 0 Å². The minimum absolute atomic E-state index is 0.348. The zero-order valence-electron chi connectivity index (χ0n) is 11.4. The molecule has 0 saturated carbocycles. The van der Waals surface area contributed by atoms with Gasteiger partial charge >= 0.3 is 5.97 Å². The predicted molar refractivity (Wildman–Crippen MR) is 66.2 cm³/mol. The van der Waals surface area contributed by atoms with Gasteiger partial charge in [-0.15, -0.1) is 0 Å². The molecule has 0 aromatic carbocycles. The average molecular weight is 253 g/mol. The monoisotopic (exact) mass is 253 g/mol. The molecule has 0 unspecified atom stereocenters. The van der Waals surface area contributed by atoms with Crippen LogP contribution in [0, 0.1) is 6.92 Å². The van der Waals surface area contributed by atoms with Crippen LogP contribution in [0.1, 0.15) is 43.8 Å². The molecule has 18 heavy (non-hydrogen) atoms. The third-order valence-corrected chi connectivity index (χ3v) is 2.21. The maximum Gasteiger partial charge on any atom is 0.328 e. The van der Waals surface area contributed by atoms with Gasteiger partial charge in [0.15, 0.2) is 0 Å². The van der Waals surface area contributed by atoms with Gasteiger partial charge in [-0.2, -0.15) is 0 Å². The summed E-state index contributed by atoms with van der Waals surface area (Å²) in [5.74, 6) is -0.291. The van der Waals surface area contributed by atoms with Crippen LogP contribution < -0.4 is 5.32 Å². The standard InChI is InChI=1S/C13H19NO4/c1-8(12(16)18-13(3,4)5)14-11(15)10-6-7-17-9(10)2/h6-8H,1-5H3,(H,14,15)/t8-/m1/s1. The number of hydrogen-bond donors (Lipinski definition) is 1. The lowest BCUT2D eigenvalue weighted by molar-refractivity contribution is -0.156. The molecule has 0 bridgehead atoms. The van der Waals surface area contributed by atoms with Gasteiger partial charge < -0.3 is 14.5 Å². The first-order valence-electron chi connectivity index (χ1n) is 5.78. The van der Waals surface area contributed by atoms with Crippen LogP contribution in [-0.4, -0.2) is 23.5 Å². The Morgan fingerprint density at radius 1 is 1.39 bits per heavy atom. The molecular formula is C13H19NO4. The zero-order valence-corrected chi connectivity index (χ0v) is 11.4. The van der Waals surface area contributed by atoms with Gasteiger partial charge in [0.1, 0.15) is 17.4 Å². The van der Waals surface area contributed by atoms with Crippen molar-refractivity contribution in [1.82, 2.24) is 5.32 Å². The van der Waals surface area contributed by atoms with E-state index in [2.05, 4.69) is 5.32 Å². The molecule has 5 heteroatoms. The molecule has 0 fully saturated rings. The Bertz CT molecular complexity index is 442. The molecule has 0 spiro atoms. The number of hydrogen-bond acceptors (Lipinski definition) is 4. The predicted octanol–water partition coefficient (Wildman–Crippen LogP) is 2.05. The zero-order chi connectivity index (χ0) is 13.9. The van der Waals surface area contributed by atoms with Crippen molar-refractivity contribution in [1.29, 1.82) is 0 Å². The van der Waals surface area contributed by atoms with Gasteiger partial charge in [0.25, 0.3) is 5.91 Å². The van der Waals surface area contributed by atoms with Gasteiger partial charge in [0.05, 0.1) is 11.8 Å². The van der Waals surface area contributed by atoms with Crippen molar-refractivity contribution in [2.24, 2.45) is 0 Å². The molecule has 100 valence electrons. The first-order chi connectivity index (χ1) is 8.20. The van der Waals surface area contributed by atoms with Crippen LogP contribution in [0.5, 0.6) is 0 Å². The Morgan fingerprint density at radius 2 is 2.00 bits per heavy atom. The normalized spacial score (nSPS) is 12.9. The highest BCUT2D eigenvalue weighted by molar-refractivity contribution is 5.97. The SMILES string of the molecule is Cc1occc1C(=O)N[C@H](C)C(=O)OC(C)(C)C. The molecule has 0 radical (unpaired) electrons. The Morgan fingerprint density at radius 3 is 2.44 bits per heavy atom. The van der Waals surface area contributed by atoms with Crippen molar-refractivity contribution in [3.05, 3.63) is 23.7 Å². The summed E-state index contributed by atoms with van der Waals surface area (Å²) in [7, 11) is 0. The second kappa shape index (κ2) is 5.25. The van der Waals surface area contributed by atoms with E-state index in [1.54, 1.807) is 40.7 Å². The molecule has 1 rings (SSSR count). The van der Waals surface area contributed by atoms with E-state index in [0.29, 0.717) is 11.3 Å². The molecule has 1 amide bonds. The highest BCUT2D eigenvalue weighted by Gasteiger charge is 2.24. The first-order valence-corrected chi connectivity index (χ1v) is 5.78. The molecule has 1 heterocycles. The van der Waals surface area contributed by atoms with Crippen molar-refractivity contribution >= 4 is 11.9 Å². The maximum atomic E-state index is 11.8. The fraction of sp³-hybridized carbons (Fsp3) is 0.538. The van der Waals surface area contributed by atoms with Gasteiger partial charge in [0.2, 0.25) is 0 Å². The molecule has 1 aromatic rings. The van der Waals surface area contributed by atoms with Crippen LogP contribution in [0.4, 0.5) is 0 Å². The van der Waals surface area contributed by atoms with Crippen LogP contribution in [0.2, 0.25) is 0 Å². The summed E-state index contributed by atoms with van der Waals surface area (Å²) in [4.78, 5) is 23.5. The fourth-order valence-corrected chi connectivity index (χ4v) is 1.34. The second-order valence-electron chi connectivity index (χ2n) is 5.12. The van der Waals surface area contributed by atoms with Crippen LogP contribution in [0.15, 0.2) is 16.7 Å². The molecule has 0 aliphatic rings. The van der Waals surface area contributed by atoms with Crippen molar-refractivity contribution in [3.63, 3.8) is 0 Å². The number of ether oxygens (including phenoxy) is 1. The molecule has 5 nitrogen and oxygen atoms in total. The number of esters is 1. The van der Waals surface area contributed by atoms with Crippen LogP contribution in [0.25, 0.3) is 0 Å². The Balaban J connectivity index is 2.60. The highest BCUT2D eigenvalue weighted by Crippen LogP contribution is 2.10. The van der Waals surface area contributed by atoms with Gasteiger partial charge in [-0.3, -0.25) is 4.79 Å². The summed E-state index contributed by atoms with van der Waals surface area (Å²) in [6.45, 7) is 8.60. The summed E-state index contributed by atoms with van der Waals surface area (Å²) < 4.78 is 10.2. The van der Waals surface area contributed by atoms with Crippen molar-refractivity contribution in [3.8, 4) is 0 Å². The van der Waals surface area contributed by atoms with Crippen LogP contribution in [-0.2, 0) is 9.53 Å². The van der Waals surface area contributed by atoms with E-state index in [1.807, 2.05) is 0 Å². The lowest BCUT2D eigenvalue weighted by Crippen LogP contribution is -2.42. The number of carbonyl (C=O) groups is 2. The van der Waals surface area contributed by atoms with Crippen LogP contribution >= 0.6 is 0 Å². The number of aryl methyl sites for hydroxylation is 1. The number of amides is 1. The molecule has 0 aliphatic carbocycles. The maximum absolute atomic E-state index is 11.8. The Kier molecular flexibility index (Phi) is 4.16. The van der Waals surface area contributed by atoms with Gasteiger partial charge in [-0.05, 0) is 40.7 Å². The summed E-state index contributed by atoms with van der Waals surface area (Å²) >= 11 is 0. The molecule has 1 atom stereocenters. The van der Waals surface area contributed by atoms with Crippen molar-refractivity contribution in [2.75, 3.05) is 0 Å². The summed E-state index contributed by atoms with van der Waals surface area (Å²) in [6.07, 6.45) is 1.43. The average Bonchev–Trinajstić information content (AvgIpc) is 2.61. The lowest BCUT2D eigenvalue weighted by atomic mass is 10.2. The third kappa shape index (κ3) is 3.91. The smallest absolute Gasteiger partial charge is 0.328 e. The van der Waals surface area contributed by atoms with Crippen LogP contribution in [0.3, 0.4) is 0 Å². The van der Waals surface area contributed by atoms with Gasteiger partial charge in [0, 0.05) is 0 Å². The molecule has 0 aliphatic heterocycles. The quantitative estimate of drug-likeness (QED) is 0.837. The summed E-state index contributed by atoms with van der Waals surface area (Å²) in [5.41, 5.74) is -0.146. The van der Waals surface area contributed by atoms with E-state index in [9.17, 15) is 9.59 Å². The Labute approximate surface area is 106 Å². The largest absolute Gasteiger partial charge is 0.469 e. The topological polar surface area (TPSA) is 68.5 Å². The van der Waals surface area contributed by atoms with Crippen molar-refractivity contribution in [2.45, 2.75) is 46.3 Å². The minimum atomic E-state index is -0.703. The van der Waals surface area contributed by atoms with E-state index in [0.717, 1.165) is 0 Å². The molecule has 0 saturated heterocycles. The first kappa shape index (κ1) is 14.3. The lowest BCUT2D eigenvalue weighted by Gasteiger charge is -2.22. The van der Waals surface area contributed by atoms with Gasteiger partial charge in [-0.25, -0.2) is 4.79 Å².